The Kier molecular flexibility index (Phi) is 4.16. The Bertz CT molecular complexity index is 460. The molecule has 19 heavy (non-hydrogen) atoms. The smallest absolute Gasteiger partial charge is 0.307 e. The van der Waals surface area contributed by atoms with E-state index in [1.54, 1.807) is 0 Å². The van der Waals surface area contributed by atoms with Crippen LogP contribution in [-0.4, -0.2) is 34.7 Å². The molecule has 0 radical (unpaired) electrons. The first-order valence-electron chi connectivity index (χ1n) is 6.29. The summed E-state index contributed by atoms with van der Waals surface area (Å²) in [4.78, 5) is 22.5. The summed E-state index contributed by atoms with van der Waals surface area (Å²) in [5.74, 6) is -2.20. The van der Waals surface area contributed by atoms with Crippen molar-refractivity contribution in [1.29, 1.82) is 0 Å². The minimum absolute atomic E-state index is 0.162. The second kappa shape index (κ2) is 5.84. The molecule has 102 valence electrons. The summed E-state index contributed by atoms with van der Waals surface area (Å²) in [5.41, 5.74) is 1.02. The number of carboxylic acids is 1. The van der Waals surface area contributed by atoms with Gasteiger partial charge >= 0.3 is 5.97 Å². The minimum atomic E-state index is -0.927. The van der Waals surface area contributed by atoms with Crippen molar-refractivity contribution in [2.24, 2.45) is 11.8 Å². The van der Waals surface area contributed by atoms with Crippen molar-refractivity contribution in [1.82, 2.24) is 5.32 Å². The maximum atomic E-state index is 11.8. The number of aliphatic hydroxyl groups excluding tert-OH is 1. The Morgan fingerprint density at radius 3 is 2.47 bits per heavy atom. The number of aliphatic hydroxyl groups is 1. The Balaban J connectivity index is 1.86. The lowest BCUT2D eigenvalue weighted by molar-refractivity contribution is -0.140. The van der Waals surface area contributed by atoms with Gasteiger partial charge < -0.3 is 15.5 Å². The average Bonchev–Trinajstić information content (AvgIpc) is 3.19. The molecule has 1 aromatic carbocycles. The molecule has 0 heterocycles. The van der Waals surface area contributed by atoms with Crippen LogP contribution in [0.4, 0.5) is 0 Å². The van der Waals surface area contributed by atoms with E-state index in [-0.39, 0.29) is 18.6 Å². The highest BCUT2D eigenvalue weighted by atomic mass is 16.4. The Morgan fingerprint density at radius 2 is 1.95 bits per heavy atom. The standard InChI is InChI=1S/C14H17NO4/c16-8-10(6-9-4-2-1-3-5-9)15-13(17)11-7-12(11)14(18)19/h1-5,10-12,16H,6-8H2,(H,15,17)(H,18,19)/t10-,11?,12?/m0/s1. The van der Waals surface area contributed by atoms with E-state index in [4.69, 9.17) is 5.11 Å². The second-order valence-corrected chi connectivity index (χ2v) is 4.86. The van der Waals surface area contributed by atoms with Gasteiger partial charge in [-0.25, -0.2) is 0 Å². The van der Waals surface area contributed by atoms with E-state index in [1.165, 1.54) is 0 Å². The molecular weight excluding hydrogens is 246 g/mol. The number of amides is 1. The van der Waals surface area contributed by atoms with Gasteiger partial charge in [-0.05, 0) is 18.4 Å². The fraction of sp³-hybridized carbons (Fsp3) is 0.429. The van der Waals surface area contributed by atoms with Crippen LogP contribution in [0.15, 0.2) is 30.3 Å². The molecule has 0 spiro atoms. The fourth-order valence-electron chi connectivity index (χ4n) is 2.13. The number of nitrogens with one attached hydrogen (secondary N) is 1. The average molecular weight is 263 g/mol. The van der Waals surface area contributed by atoms with Crippen LogP contribution in [-0.2, 0) is 16.0 Å². The molecule has 0 saturated heterocycles. The number of aliphatic carboxylic acids is 1. The molecule has 2 rings (SSSR count). The van der Waals surface area contributed by atoms with Crippen molar-refractivity contribution < 1.29 is 19.8 Å². The SMILES string of the molecule is O=C(O)C1CC1C(=O)N[C@H](CO)Cc1ccccc1. The van der Waals surface area contributed by atoms with E-state index < -0.39 is 17.8 Å². The highest BCUT2D eigenvalue weighted by molar-refractivity contribution is 5.89. The van der Waals surface area contributed by atoms with Gasteiger partial charge in [0.1, 0.15) is 0 Å². The summed E-state index contributed by atoms with van der Waals surface area (Å²) in [6.45, 7) is -0.162. The molecule has 3 N–H and O–H groups in total. The molecule has 1 fully saturated rings. The predicted molar refractivity (Wildman–Crippen MR) is 68.4 cm³/mol. The van der Waals surface area contributed by atoms with Crippen LogP contribution in [0.1, 0.15) is 12.0 Å². The summed E-state index contributed by atoms with van der Waals surface area (Å²) >= 11 is 0. The third kappa shape index (κ3) is 3.54. The molecule has 2 unspecified atom stereocenters. The molecule has 1 amide bonds. The number of carboxylic acid groups (broad SMARTS) is 1. The lowest BCUT2D eigenvalue weighted by atomic mass is 10.1. The highest BCUT2D eigenvalue weighted by Gasteiger charge is 2.48. The summed E-state index contributed by atoms with van der Waals surface area (Å²) < 4.78 is 0. The number of carbonyl (C=O) groups is 2. The van der Waals surface area contributed by atoms with Gasteiger partial charge in [0.2, 0.25) is 5.91 Å². The van der Waals surface area contributed by atoms with E-state index in [1.807, 2.05) is 30.3 Å². The zero-order valence-electron chi connectivity index (χ0n) is 10.5. The predicted octanol–water partition coefficient (Wildman–Crippen LogP) is 0.427. The molecular formula is C14H17NO4. The van der Waals surface area contributed by atoms with Gasteiger partial charge in [-0.15, -0.1) is 0 Å². The summed E-state index contributed by atoms with van der Waals surface area (Å²) in [6.07, 6.45) is 0.929. The van der Waals surface area contributed by atoms with E-state index >= 15 is 0 Å². The summed E-state index contributed by atoms with van der Waals surface area (Å²) in [6, 6.07) is 9.17. The van der Waals surface area contributed by atoms with Gasteiger partial charge in [-0.2, -0.15) is 0 Å². The van der Waals surface area contributed by atoms with E-state index in [9.17, 15) is 14.7 Å². The minimum Gasteiger partial charge on any atom is -0.481 e. The van der Waals surface area contributed by atoms with Crippen LogP contribution >= 0.6 is 0 Å². The Labute approximate surface area is 111 Å². The molecule has 0 aromatic heterocycles. The molecule has 0 bridgehead atoms. The Hall–Kier alpha value is -1.88. The van der Waals surface area contributed by atoms with Crippen molar-refractivity contribution in [2.45, 2.75) is 18.9 Å². The number of hydrogen-bond donors (Lipinski definition) is 3. The third-order valence-corrected chi connectivity index (χ3v) is 3.34. The monoisotopic (exact) mass is 263 g/mol. The first-order chi connectivity index (χ1) is 9.11. The lowest BCUT2D eigenvalue weighted by Gasteiger charge is -2.16. The van der Waals surface area contributed by atoms with Crippen molar-refractivity contribution in [3.8, 4) is 0 Å². The van der Waals surface area contributed by atoms with Crippen LogP contribution in [0, 0.1) is 11.8 Å². The first-order valence-corrected chi connectivity index (χ1v) is 6.29. The number of rotatable bonds is 6. The molecule has 3 atom stereocenters. The van der Waals surface area contributed by atoms with Gasteiger partial charge in [0.25, 0.3) is 0 Å². The zero-order valence-corrected chi connectivity index (χ0v) is 10.5. The van der Waals surface area contributed by atoms with Gasteiger partial charge in [0, 0.05) is 0 Å². The van der Waals surface area contributed by atoms with Gasteiger partial charge in [-0.3, -0.25) is 9.59 Å². The van der Waals surface area contributed by atoms with Gasteiger partial charge in [-0.1, -0.05) is 30.3 Å². The molecule has 5 heteroatoms. The van der Waals surface area contributed by atoms with Crippen molar-refractivity contribution >= 4 is 11.9 Å². The number of hydrogen-bond acceptors (Lipinski definition) is 3. The van der Waals surface area contributed by atoms with Crippen molar-refractivity contribution in [3.05, 3.63) is 35.9 Å². The normalized spacial score (nSPS) is 22.6. The molecule has 1 aliphatic rings. The van der Waals surface area contributed by atoms with Crippen LogP contribution in [0.3, 0.4) is 0 Å². The number of benzene rings is 1. The summed E-state index contributed by atoms with van der Waals surface area (Å²) in [5, 5.41) is 20.8. The van der Waals surface area contributed by atoms with Crippen LogP contribution < -0.4 is 5.32 Å². The molecule has 0 aliphatic heterocycles. The highest BCUT2D eigenvalue weighted by Crippen LogP contribution is 2.38. The van der Waals surface area contributed by atoms with Crippen molar-refractivity contribution in [2.75, 3.05) is 6.61 Å². The maximum Gasteiger partial charge on any atom is 0.307 e. The maximum absolute atomic E-state index is 11.8. The molecule has 1 saturated carbocycles. The quantitative estimate of drug-likeness (QED) is 0.694. The first kappa shape index (κ1) is 13.5. The van der Waals surface area contributed by atoms with E-state index in [0.717, 1.165) is 5.56 Å². The van der Waals surface area contributed by atoms with E-state index in [0.29, 0.717) is 12.8 Å². The van der Waals surface area contributed by atoms with Crippen LogP contribution in [0.25, 0.3) is 0 Å². The van der Waals surface area contributed by atoms with E-state index in [2.05, 4.69) is 5.32 Å². The van der Waals surface area contributed by atoms with Gasteiger partial charge in [0.15, 0.2) is 0 Å². The summed E-state index contributed by atoms with van der Waals surface area (Å²) in [7, 11) is 0. The largest absolute Gasteiger partial charge is 0.481 e. The van der Waals surface area contributed by atoms with Crippen LogP contribution in [0.5, 0.6) is 0 Å². The second-order valence-electron chi connectivity index (χ2n) is 4.86. The topological polar surface area (TPSA) is 86.6 Å². The number of carbonyl (C=O) groups excluding carboxylic acids is 1. The zero-order chi connectivity index (χ0) is 13.8. The third-order valence-electron chi connectivity index (χ3n) is 3.34. The Morgan fingerprint density at radius 1 is 1.26 bits per heavy atom. The lowest BCUT2D eigenvalue weighted by Crippen LogP contribution is -2.40. The fourth-order valence-corrected chi connectivity index (χ4v) is 2.13. The van der Waals surface area contributed by atoms with Crippen molar-refractivity contribution in [3.63, 3.8) is 0 Å². The van der Waals surface area contributed by atoms with Crippen LogP contribution in [0.2, 0.25) is 0 Å². The molecule has 1 aliphatic carbocycles. The molecule has 1 aromatic rings. The van der Waals surface area contributed by atoms with Gasteiger partial charge in [0.05, 0.1) is 24.5 Å². The molecule has 5 nitrogen and oxygen atoms in total.